The molecule has 3 aliphatic rings. The fourth-order valence-electron chi connectivity index (χ4n) is 7.59. The van der Waals surface area contributed by atoms with Crippen molar-refractivity contribution in [3.8, 4) is 0 Å². The van der Waals surface area contributed by atoms with Crippen LogP contribution in [0.2, 0.25) is 0 Å². The van der Waals surface area contributed by atoms with E-state index < -0.39 is 12.2 Å². The molecular formula is C39H68O8. The van der Waals surface area contributed by atoms with Gasteiger partial charge in [-0.1, -0.05) is 90.4 Å². The van der Waals surface area contributed by atoms with Crippen molar-refractivity contribution in [3.05, 3.63) is 11.6 Å². The number of rotatable bonds is 26. The van der Waals surface area contributed by atoms with Crippen molar-refractivity contribution in [1.82, 2.24) is 0 Å². The van der Waals surface area contributed by atoms with Crippen LogP contribution < -0.4 is 0 Å². The van der Waals surface area contributed by atoms with Crippen LogP contribution in [0.5, 0.6) is 0 Å². The van der Waals surface area contributed by atoms with E-state index >= 15 is 0 Å². The van der Waals surface area contributed by atoms with Gasteiger partial charge >= 0.3 is 11.9 Å². The zero-order valence-electron chi connectivity index (χ0n) is 30.0. The van der Waals surface area contributed by atoms with Gasteiger partial charge in [0.25, 0.3) is 0 Å². The van der Waals surface area contributed by atoms with Crippen molar-refractivity contribution in [2.24, 2.45) is 0 Å². The molecule has 3 aliphatic heterocycles. The molecular weight excluding hydrogens is 596 g/mol. The van der Waals surface area contributed by atoms with Crippen LogP contribution in [0.15, 0.2) is 11.6 Å². The van der Waals surface area contributed by atoms with Gasteiger partial charge < -0.3 is 29.2 Å². The van der Waals surface area contributed by atoms with E-state index in [1.54, 1.807) is 0 Å². The molecule has 8 nitrogen and oxygen atoms in total. The molecule has 0 bridgehead atoms. The van der Waals surface area contributed by atoms with Crippen molar-refractivity contribution in [1.29, 1.82) is 0 Å². The molecule has 2 fully saturated rings. The molecule has 0 saturated carbocycles. The summed E-state index contributed by atoms with van der Waals surface area (Å²) in [5.74, 6) is -0.322. The van der Waals surface area contributed by atoms with Crippen LogP contribution in [0.1, 0.15) is 175 Å². The molecule has 2 N–H and O–H groups in total. The number of aliphatic hydroxyl groups is 2. The molecule has 0 aromatic carbocycles. The number of ether oxygens (including phenoxy) is 4. The maximum absolute atomic E-state index is 11.6. The van der Waals surface area contributed by atoms with Crippen LogP contribution in [0.4, 0.5) is 0 Å². The average Bonchev–Trinajstić information content (AvgIpc) is 3.80. The lowest BCUT2D eigenvalue weighted by Gasteiger charge is -2.24. The first-order valence-corrected chi connectivity index (χ1v) is 19.5. The van der Waals surface area contributed by atoms with Crippen LogP contribution in [0, 0.1) is 0 Å². The summed E-state index contributed by atoms with van der Waals surface area (Å²) in [6.45, 7) is 5.55. The molecule has 0 aliphatic carbocycles. The van der Waals surface area contributed by atoms with Crippen LogP contribution in [0.3, 0.4) is 0 Å². The highest BCUT2D eigenvalue weighted by Gasteiger charge is 2.40. The highest BCUT2D eigenvalue weighted by Crippen LogP contribution is 2.34. The van der Waals surface area contributed by atoms with E-state index in [0.717, 1.165) is 115 Å². The first-order chi connectivity index (χ1) is 22.8. The van der Waals surface area contributed by atoms with Gasteiger partial charge in [-0.2, -0.15) is 0 Å². The number of hydrogen-bond donors (Lipinski definition) is 2. The van der Waals surface area contributed by atoms with Gasteiger partial charge in [0.15, 0.2) is 0 Å². The zero-order chi connectivity index (χ0) is 33.9. The third-order valence-corrected chi connectivity index (χ3v) is 10.4. The topological polar surface area (TPSA) is 112 Å². The Morgan fingerprint density at radius 1 is 0.745 bits per heavy atom. The Morgan fingerprint density at radius 2 is 1.21 bits per heavy atom. The summed E-state index contributed by atoms with van der Waals surface area (Å²) in [5.41, 5.74) is 0.861. The monoisotopic (exact) mass is 664 g/mol. The molecule has 272 valence electrons. The summed E-state index contributed by atoms with van der Waals surface area (Å²) in [6.07, 6.45) is 25.8. The Balaban J connectivity index is 1.14. The molecule has 0 aromatic rings. The fourth-order valence-corrected chi connectivity index (χ4v) is 7.59. The quantitative estimate of drug-likeness (QED) is 0.0700. The Labute approximate surface area is 285 Å². The molecule has 0 spiro atoms. The minimum absolute atomic E-state index is 0.0159. The van der Waals surface area contributed by atoms with Gasteiger partial charge in [0, 0.05) is 12.5 Å². The van der Waals surface area contributed by atoms with Crippen molar-refractivity contribution >= 4 is 11.9 Å². The van der Waals surface area contributed by atoms with Gasteiger partial charge in [0.1, 0.15) is 12.2 Å². The molecule has 3 rings (SSSR count). The molecule has 47 heavy (non-hydrogen) atoms. The highest BCUT2D eigenvalue weighted by atomic mass is 16.6. The van der Waals surface area contributed by atoms with E-state index in [1.807, 2.05) is 13.0 Å². The molecule has 2 saturated heterocycles. The standard InChI is InChI=1S/C39H68O8/c1-4-5-20-32(45-30(3)40)21-16-14-18-23-34(42)36-25-27-38(47-36)37-26-24-35(46-37)33(41)22-17-13-11-9-7-6-8-10-12-15-19-31-28-29(2)44-39(31)43/h28-29,32-38,41-42H,4-27H2,1-3H3/t29-,32-,33+,34-,35+,36+,37+,38+/m1/s1. The van der Waals surface area contributed by atoms with E-state index in [0.29, 0.717) is 0 Å². The second-order valence-corrected chi connectivity index (χ2v) is 14.6. The molecule has 0 amide bonds. The zero-order valence-corrected chi connectivity index (χ0v) is 30.0. The lowest BCUT2D eigenvalue weighted by atomic mass is 10.00. The summed E-state index contributed by atoms with van der Waals surface area (Å²) < 4.78 is 23.2. The third kappa shape index (κ3) is 15.7. The summed E-state index contributed by atoms with van der Waals surface area (Å²) in [6, 6.07) is 0. The number of carbonyl (C=O) groups excluding carboxylic acids is 2. The van der Waals surface area contributed by atoms with Crippen LogP contribution in [-0.4, -0.2) is 71.0 Å². The number of cyclic esters (lactones) is 1. The highest BCUT2D eigenvalue weighted by molar-refractivity contribution is 5.90. The summed E-state index contributed by atoms with van der Waals surface area (Å²) in [4.78, 5) is 23.0. The normalized spacial score (nSPS) is 26.3. The minimum atomic E-state index is -0.454. The third-order valence-electron chi connectivity index (χ3n) is 10.4. The van der Waals surface area contributed by atoms with Crippen molar-refractivity contribution in [3.63, 3.8) is 0 Å². The predicted molar refractivity (Wildman–Crippen MR) is 185 cm³/mol. The predicted octanol–water partition coefficient (Wildman–Crippen LogP) is 8.43. The smallest absolute Gasteiger partial charge is 0.334 e. The average molecular weight is 665 g/mol. The molecule has 0 radical (unpaired) electrons. The van der Waals surface area contributed by atoms with Gasteiger partial charge in [0.2, 0.25) is 0 Å². The SMILES string of the molecule is CCCC[C@H](CCCCC[C@@H](O)[C@@H]1CC[C@@H]([C@@H]2CC[C@@H]([C@@H](O)CCCCCCCCCCCCC3=C[C@@H](C)OC3=O)O2)O1)OC(C)=O. The van der Waals surface area contributed by atoms with Crippen LogP contribution in [-0.2, 0) is 28.5 Å². The Hall–Kier alpha value is -1.48. The summed E-state index contributed by atoms with van der Waals surface area (Å²) >= 11 is 0. The van der Waals surface area contributed by atoms with Crippen molar-refractivity contribution in [2.75, 3.05) is 0 Å². The van der Waals surface area contributed by atoms with Crippen molar-refractivity contribution < 1.29 is 38.7 Å². The molecule has 8 heteroatoms. The van der Waals surface area contributed by atoms with E-state index in [9.17, 15) is 19.8 Å². The molecule has 3 heterocycles. The van der Waals surface area contributed by atoms with Gasteiger partial charge in [-0.25, -0.2) is 4.79 Å². The Bertz CT molecular complexity index is 905. The molecule has 0 unspecified atom stereocenters. The largest absolute Gasteiger partial charge is 0.463 e. The first-order valence-electron chi connectivity index (χ1n) is 19.5. The van der Waals surface area contributed by atoms with Crippen LogP contribution >= 0.6 is 0 Å². The second-order valence-electron chi connectivity index (χ2n) is 14.6. The van der Waals surface area contributed by atoms with E-state index in [-0.39, 0.29) is 48.6 Å². The van der Waals surface area contributed by atoms with Crippen molar-refractivity contribution in [2.45, 2.75) is 224 Å². The lowest BCUT2D eigenvalue weighted by Crippen LogP contribution is -2.33. The van der Waals surface area contributed by atoms with Crippen LogP contribution in [0.25, 0.3) is 0 Å². The van der Waals surface area contributed by atoms with Gasteiger partial charge in [-0.15, -0.1) is 0 Å². The molecule has 0 aromatic heterocycles. The van der Waals surface area contributed by atoms with E-state index in [4.69, 9.17) is 18.9 Å². The maximum Gasteiger partial charge on any atom is 0.334 e. The Morgan fingerprint density at radius 3 is 1.70 bits per heavy atom. The van der Waals surface area contributed by atoms with Gasteiger partial charge in [-0.05, 0) is 83.6 Å². The van der Waals surface area contributed by atoms with Gasteiger partial charge in [-0.3, -0.25) is 4.79 Å². The van der Waals surface area contributed by atoms with E-state index in [1.165, 1.54) is 51.9 Å². The summed E-state index contributed by atoms with van der Waals surface area (Å²) in [7, 11) is 0. The fraction of sp³-hybridized carbons (Fsp3) is 0.897. The Kier molecular flexibility index (Phi) is 19.6. The number of carbonyl (C=O) groups is 2. The van der Waals surface area contributed by atoms with Gasteiger partial charge in [0.05, 0.1) is 36.6 Å². The maximum atomic E-state index is 11.6. The van der Waals surface area contributed by atoms with E-state index in [2.05, 4.69) is 6.92 Å². The minimum Gasteiger partial charge on any atom is -0.463 e. The molecule has 8 atom stereocenters. The number of esters is 2. The number of aliphatic hydroxyl groups excluding tert-OH is 2. The lowest BCUT2D eigenvalue weighted by molar-refractivity contribution is -0.147. The second kappa shape index (κ2) is 23.0. The number of hydrogen-bond acceptors (Lipinski definition) is 8. The summed E-state index contributed by atoms with van der Waals surface area (Å²) in [5, 5.41) is 21.6. The number of unbranched alkanes of at least 4 members (excludes halogenated alkanes) is 12. The first kappa shape index (κ1) is 40.0.